The summed E-state index contributed by atoms with van der Waals surface area (Å²) in [5, 5.41) is 29.6. The normalized spacial score (nSPS) is 9.75. The van der Waals surface area contributed by atoms with Crippen LogP contribution in [0.4, 0.5) is 5.69 Å². The number of carboxylic acids is 1. The van der Waals surface area contributed by atoms with Crippen LogP contribution in [-0.2, 0) is 0 Å². The van der Waals surface area contributed by atoms with Crippen LogP contribution in [-0.4, -0.2) is 21.0 Å². The number of carbonyl (C=O) groups is 1. The van der Waals surface area contributed by atoms with Gasteiger partial charge in [-0.3, -0.25) is 10.1 Å². The van der Waals surface area contributed by atoms with Crippen LogP contribution in [0.5, 0.6) is 11.6 Å². The van der Waals surface area contributed by atoms with Crippen molar-refractivity contribution in [3.05, 3.63) is 44.3 Å². The van der Waals surface area contributed by atoms with Crippen LogP contribution in [0.2, 0.25) is 0 Å². The number of carboxylic acid groups (broad SMARTS) is 1. The highest BCUT2D eigenvalue weighted by molar-refractivity contribution is 7.12. The summed E-state index contributed by atoms with van der Waals surface area (Å²) in [7, 11) is 0. The standard InChI is InChI=1S/C11H5N3O5S/c12-4-7-8(14(17)18)1-2-10(13-7)19-6-3-9(11(15)16)20-5-6/h1-3,5H,(H,15,16). The SMILES string of the molecule is N#Cc1nc(Oc2csc(C(=O)O)c2)ccc1[N+](=O)[O-]. The zero-order valence-electron chi connectivity index (χ0n) is 9.64. The molecule has 0 fully saturated rings. The third-order valence-corrected chi connectivity index (χ3v) is 3.06. The van der Waals surface area contributed by atoms with Gasteiger partial charge in [-0.2, -0.15) is 10.2 Å². The predicted octanol–water partition coefficient (Wildman–Crippen LogP) is 2.41. The van der Waals surface area contributed by atoms with E-state index in [4.69, 9.17) is 15.1 Å². The van der Waals surface area contributed by atoms with E-state index in [1.807, 2.05) is 0 Å². The molecule has 9 heteroatoms. The van der Waals surface area contributed by atoms with Gasteiger partial charge in [0.05, 0.1) is 4.92 Å². The smallest absolute Gasteiger partial charge is 0.346 e. The molecule has 0 atom stereocenters. The monoisotopic (exact) mass is 291 g/mol. The maximum absolute atomic E-state index is 10.7. The zero-order chi connectivity index (χ0) is 14.7. The van der Waals surface area contributed by atoms with Gasteiger partial charge in [0.2, 0.25) is 11.6 Å². The molecule has 2 aromatic heterocycles. The zero-order valence-corrected chi connectivity index (χ0v) is 10.5. The molecule has 1 N–H and O–H groups in total. The molecule has 0 unspecified atom stereocenters. The number of pyridine rings is 1. The molecule has 0 saturated heterocycles. The van der Waals surface area contributed by atoms with Gasteiger partial charge < -0.3 is 9.84 Å². The van der Waals surface area contributed by atoms with Crippen molar-refractivity contribution in [3.63, 3.8) is 0 Å². The number of nitrogens with zero attached hydrogens (tertiary/aromatic N) is 3. The number of nitro groups is 1. The van der Waals surface area contributed by atoms with E-state index >= 15 is 0 Å². The van der Waals surface area contributed by atoms with Crippen LogP contribution >= 0.6 is 11.3 Å². The Kier molecular flexibility index (Phi) is 3.58. The average molecular weight is 291 g/mol. The van der Waals surface area contributed by atoms with Crippen molar-refractivity contribution >= 4 is 23.0 Å². The molecule has 100 valence electrons. The fourth-order valence-electron chi connectivity index (χ4n) is 1.33. The molecule has 0 spiro atoms. The lowest BCUT2D eigenvalue weighted by molar-refractivity contribution is -0.385. The second-order valence-corrected chi connectivity index (χ2v) is 4.35. The number of rotatable bonds is 4. The van der Waals surface area contributed by atoms with Crippen molar-refractivity contribution in [2.75, 3.05) is 0 Å². The second kappa shape index (κ2) is 5.33. The van der Waals surface area contributed by atoms with E-state index in [2.05, 4.69) is 4.98 Å². The molecule has 0 bridgehead atoms. The van der Waals surface area contributed by atoms with Crippen LogP contribution in [0.3, 0.4) is 0 Å². The van der Waals surface area contributed by atoms with Crippen LogP contribution < -0.4 is 4.74 Å². The van der Waals surface area contributed by atoms with Gasteiger partial charge in [0.25, 0.3) is 0 Å². The molecule has 8 nitrogen and oxygen atoms in total. The number of hydrogen-bond acceptors (Lipinski definition) is 7. The van der Waals surface area contributed by atoms with Gasteiger partial charge >= 0.3 is 11.7 Å². The molecule has 2 aromatic rings. The Balaban J connectivity index is 2.28. The number of aromatic carboxylic acids is 1. The van der Waals surface area contributed by atoms with E-state index in [0.29, 0.717) is 0 Å². The lowest BCUT2D eigenvalue weighted by atomic mass is 10.3. The van der Waals surface area contributed by atoms with Crippen molar-refractivity contribution in [1.82, 2.24) is 4.98 Å². The van der Waals surface area contributed by atoms with E-state index < -0.39 is 16.6 Å². The lowest BCUT2D eigenvalue weighted by Crippen LogP contribution is -1.97. The molecule has 0 aliphatic carbocycles. The summed E-state index contributed by atoms with van der Waals surface area (Å²) in [6.45, 7) is 0. The van der Waals surface area contributed by atoms with Gasteiger partial charge in [0.1, 0.15) is 16.7 Å². The number of ether oxygens (including phenoxy) is 1. The molecule has 0 amide bonds. The Hall–Kier alpha value is -2.99. The first kappa shape index (κ1) is 13.4. The predicted molar refractivity (Wildman–Crippen MR) is 67.0 cm³/mol. The third-order valence-electron chi connectivity index (χ3n) is 2.16. The largest absolute Gasteiger partial charge is 0.477 e. The highest BCUT2D eigenvalue weighted by atomic mass is 32.1. The van der Waals surface area contributed by atoms with Crippen LogP contribution in [0.1, 0.15) is 15.4 Å². The van der Waals surface area contributed by atoms with Crippen molar-refractivity contribution < 1.29 is 19.6 Å². The molecule has 0 aromatic carbocycles. The van der Waals surface area contributed by atoms with E-state index in [-0.39, 0.29) is 22.2 Å². The van der Waals surface area contributed by atoms with Gasteiger partial charge in [-0.05, 0) is 0 Å². The molecule has 2 rings (SSSR count). The number of hydrogen-bond donors (Lipinski definition) is 1. The Morgan fingerprint density at radius 2 is 2.30 bits per heavy atom. The van der Waals surface area contributed by atoms with Gasteiger partial charge in [-0.25, -0.2) is 4.79 Å². The Bertz CT molecular complexity index is 734. The number of nitriles is 1. The summed E-state index contributed by atoms with van der Waals surface area (Å²) in [6, 6.07) is 5.23. The Morgan fingerprint density at radius 1 is 1.55 bits per heavy atom. The van der Waals surface area contributed by atoms with E-state index in [1.54, 1.807) is 6.07 Å². The third kappa shape index (κ3) is 2.70. The average Bonchev–Trinajstić information content (AvgIpc) is 2.87. The number of thiophene rings is 1. The molecule has 0 aliphatic heterocycles. The minimum absolute atomic E-state index is 0.0260. The molecule has 0 radical (unpaired) electrons. The Morgan fingerprint density at radius 3 is 2.85 bits per heavy atom. The number of aromatic nitrogens is 1. The summed E-state index contributed by atoms with van der Waals surface area (Å²) in [6.07, 6.45) is 0. The van der Waals surface area contributed by atoms with Crippen molar-refractivity contribution in [1.29, 1.82) is 5.26 Å². The second-order valence-electron chi connectivity index (χ2n) is 3.44. The van der Waals surface area contributed by atoms with Crippen LogP contribution in [0.25, 0.3) is 0 Å². The Labute approximate surface area is 115 Å². The minimum Gasteiger partial charge on any atom is -0.477 e. The highest BCUT2D eigenvalue weighted by Gasteiger charge is 2.17. The van der Waals surface area contributed by atoms with Gasteiger partial charge in [0.15, 0.2) is 0 Å². The first-order chi connectivity index (χ1) is 9.51. The van der Waals surface area contributed by atoms with Crippen LogP contribution in [0, 0.1) is 21.4 Å². The molecule has 20 heavy (non-hydrogen) atoms. The van der Waals surface area contributed by atoms with E-state index in [9.17, 15) is 14.9 Å². The first-order valence-electron chi connectivity index (χ1n) is 5.06. The van der Waals surface area contributed by atoms with Crippen molar-refractivity contribution in [2.24, 2.45) is 0 Å². The fourth-order valence-corrected chi connectivity index (χ4v) is 1.97. The maximum atomic E-state index is 10.7. The summed E-state index contributed by atoms with van der Waals surface area (Å²) in [5.74, 6) is -0.876. The fraction of sp³-hybridized carbons (Fsp3) is 0. The van der Waals surface area contributed by atoms with Gasteiger partial charge in [0, 0.05) is 23.6 Å². The lowest BCUT2D eigenvalue weighted by Gasteiger charge is -2.02. The van der Waals surface area contributed by atoms with Crippen LogP contribution in [0.15, 0.2) is 23.6 Å². The summed E-state index contributed by atoms with van der Waals surface area (Å²) >= 11 is 0.969. The molecule has 2 heterocycles. The highest BCUT2D eigenvalue weighted by Crippen LogP contribution is 2.27. The van der Waals surface area contributed by atoms with E-state index in [1.165, 1.54) is 17.5 Å². The summed E-state index contributed by atoms with van der Waals surface area (Å²) < 4.78 is 5.25. The molecule has 0 aliphatic rings. The minimum atomic E-state index is -1.08. The summed E-state index contributed by atoms with van der Waals surface area (Å²) in [5.41, 5.74) is -0.794. The maximum Gasteiger partial charge on any atom is 0.346 e. The first-order valence-corrected chi connectivity index (χ1v) is 5.94. The quantitative estimate of drug-likeness (QED) is 0.676. The van der Waals surface area contributed by atoms with Crippen molar-refractivity contribution in [3.8, 4) is 17.7 Å². The molecular weight excluding hydrogens is 286 g/mol. The van der Waals surface area contributed by atoms with Gasteiger partial charge in [-0.15, -0.1) is 11.3 Å². The topological polar surface area (TPSA) is 126 Å². The molecule has 0 saturated carbocycles. The van der Waals surface area contributed by atoms with E-state index in [0.717, 1.165) is 17.4 Å². The van der Waals surface area contributed by atoms with Gasteiger partial charge in [-0.1, -0.05) is 0 Å². The summed E-state index contributed by atoms with van der Waals surface area (Å²) in [4.78, 5) is 24.4. The van der Waals surface area contributed by atoms with Crippen molar-refractivity contribution in [2.45, 2.75) is 0 Å². The molecular formula is C11H5N3O5S.